The normalized spacial score (nSPS) is 12.0. The molecule has 1 unspecified atom stereocenters. The number of aromatic nitrogens is 4. The Morgan fingerprint density at radius 1 is 1.03 bits per heavy atom. The highest BCUT2D eigenvalue weighted by molar-refractivity contribution is 6.02. The molecule has 4 rings (SSSR count). The van der Waals surface area contributed by atoms with E-state index in [2.05, 4.69) is 25.7 Å². The number of nitrogens with zero attached hydrogens (tertiary/aromatic N) is 3. The van der Waals surface area contributed by atoms with Crippen molar-refractivity contribution in [1.29, 1.82) is 0 Å². The average molecular weight is 430 g/mol. The van der Waals surface area contributed by atoms with Gasteiger partial charge in [-0.3, -0.25) is 14.4 Å². The topological polar surface area (TPSA) is 122 Å². The molecule has 0 radical (unpaired) electrons. The predicted octanol–water partition coefficient (Wildman–Crippen LogP) is 2.50. The molecule has 3 N–H and O–H groups in total. The van der Waals surface area contributed by atoms with Crippen molar-refractivity contribution in [3.63, 3.8) is 0 Å². The minimum Gasteiger partial charge on any atom is -0.340 e. The Hall–Kier alpha value is -4.27. The second-order valence-electron chi connectivity index (χ2n) is 7.59. The average Bonchev–Trinajstić information content (AvgIpc) is 3.23. The molecule has 0 aliphatic heterocycles. The summed E-state index contributed by atoms with van der Waals surface area (Å²) >= 11 is 0. The molecule has 2 aromatic carbocycles. The van der Waals surface area contributed by atoms with Gasteiger partial charge in [0.1, 0.15) is 11.4 Å². The highest BCUT2D eigenvalue weighted by Gasteiger charge is 2.25. The molecule has 2 amide bonds. The summed E-state index contributed by atoms with van der Waals surface area (Å²) in [5, 5.41) is 10.3. The van der Waals surface area contributed by atoms with E-state index in [-0.39, 0.29) is 23.3 Å². The third kappa shape index (κ3) is 4.13. The smallest absolute Gasteiger partial charge is 0.261 e. The molecule has 1 atom stereocenters. The Labute approximate surface area is 183 Å². The maximum atomic E-state index is 13.1. The minimum absolute atomic E-state index is 0.152. The van der Waals surface area contributed by atoms with Crippen molar-refractivity contribution < 1.29 is 9.59 Å². The molecular formula is C23H22N6O3. The lowest BCUT2D eigenvalue weighted by atomic mass is 10.0. The number of carbonyl (C=O) groups excluding carboxylic acids is 2. The van der Waals surface area contributed by atoms with Crippen LogP contribution in [0.4, 0.5) is 5.69 Å². The number of hydrogen-bond acceptors (Lipinski definition) is 5. The van der Waals surface area contributed by atoms with Crippen molar-refractivity contribution in [2.24, 2.45) is 5.92 Å². The standard InChI is InChI=1S/C23H22N6O3/c1-14(2)19(28-21(30)15-8-4-3-5-9-15)23(32)27-17-10-6-7-11-18(17)29-20-16(12-26-29)22(31)25-13-24-20/h3-14,19H,1-2H3,(H,27,32)(H,28,30)(H,24,25,31). The van der Waals surface area contributed by atoms with Crippen molar-refractivity contribution in [2.75, 3.05) is 5.32 Å². The highest BCUT2D eigenvalue weighted by atomic mass is 16.2. The molecule has 9 nitrogen and oxygen atoms in total. The zero-order valence-electron chi connectivity index (χ0n) is 17.6. The summed E-state index contributed by atoms with van der Waals surface area (Å²) in [6, 6.07) is 15.0. The van der Waals surface area contributed by atoms with Gasteiger partial charge in [-0.1, -0.05) is 44.2 Å². The molecule has 2 aromatic heterocycles. The summed E-state index contributed by atoms with van der Waals surface area (Å²) in [6.07, 6.45) is 2.73. The molecule has 9 heteroatoms. The van der Waals surface area contributed by atoms with Crippen LogP contribution in [0.2, 0.25) is 0 Å². The minimum atomic E-state index is -0.758. The zero-order chi connectivity index (χ0) is 22.7. The number of para-hydroxylation sites is 2. The number of benzene rings is 2. The van der Waals surface area contributed by atoms with Gasteiger partial charge >= 0.3 is 0 Å². The van der Waals surface area contributed by atoms with Crippen molar-refractivity contribution in [1.82, 2.24) is 25.1 Å². The molecule has 162 valence electrons. The number of H-pyrrole nitrogens is 1. The largest absolute Gasteiger partial charge is 0.340 e. The lowest BCUT2D eigenvalue weighted by molar-refractivity contribution is -0.118. The Kier molecular flexibility index (Phi) is 5.80. The van der Waals surface area contributed by atoms with E-state index >= 15 is 0 Å². The first kappa shape index (κ1) is 21.0. The van der Waals surface area contributed by atoms with Crippen LogP contribution in [0.3, 0.4) is 0 Å². The van der Waals surface area contributed by atoms with Crippen LogP contribution in [0.25, 0.3) is 16.7 Å². The Morgan fingerprint density at radius 2 is 1.75 bits per heavy atom. The molecule has 32 heavy (non-hydrogen) atoms. The SMILES string of the molecule is CC(C)C(NC(=O)c1ccccc1)C(=O)Nc1ccccc1-n1ncc2c(=O)[nH]cnc21. The first-order chi connectivity index (χ1) is 15.5. The van der Waals surface area contributed by atoms with Gasteiger partial charge in [-0.15, -0.1) is 0 Å². The van der Waals surface area contributed by atoms with Crippen molar-refractivity contribution in [2.45, 2.75) is 19.9 Å². The third-order valence-electron chi connectivity index (χ3n) is 5.03. The summed E-state index contributed by atoms with van der Waals surface area (Å²) < 4.78 is 1.49. The predicted molar refractivity (Wildman–Crippen MR) is 121 cm³/mol. The lowest BCUT2D eigenvalue weighted by Crippen LogP contribution is -2.47. The van der Waals surface area contributed by atoms with Crippen LogP contribution in [-0.4, -0.2) is 37.6 Å². The molecular weight excluding hydrogens is 408 g/mol. The molecule has 2 heterocycles. The molecule has 0 saturated carbocycles. The van der Waals surface area contributed by atoms with Crippen LogP contribution in [0.5, 0.6) is 0 Å². The second kappa shape index (κ2) is 8.84. The van der Waals surface area contributed by atoms with Gasteiger partial charge in [0.15, 0.2) is 5.65 Å². The van der Waals surface area contributed by atoms with Crippen LogP contribution < -0.4 is 16.2 Å². The number of amides is 2. The molecule has 0 saturated heterocycles. The summed E-state index contributed by atoms with van der Waals surface area (Å²) in [4.78, 5) is 44.5. The monoisotopic (exact) mass is 430 g/mol. The van der Waals surface area contributed by atoms with Crippen LogP contribution in [-0.2, 0) is 4.79 Å². The van der Waals surface area contributed by atoms with Gasteiger partial charge in [-0.2, -0.15) is 5.10 Å². The number of carbonyl (C=O) groups is 2. The number of nitrogens with one attached hydrogen (secondary N) is 3. The number of fused-ring (bicyclic) bond motifs is 1. The van der Waals surface area contributed by atoms with Crippen LogP contribution in [0.1, 0.15) is 24.2 Å². The van der Waals surface area contributed by atoms with Gasteiger partial charge in [0.2, 0.25) is 5.91 Å². The van der Waals surface area contributed by atoms with E-state index in [4.69, 9.17) is 0 Å². The Morgan fingerprint density at radius 3 is 2.50 bits per heavy atom. The fourth-order valence-electron chi connectivity index (χ4n) is 3.36. The summed E-state index contributed by atoms with van der Waals surface area (Å²) in [7, 11) is 0. The van der Waals surface area contributed by atoms with Crippen LogP contribution in [0.15, 0.2) is 71.9 Å². The fraction of sp³-hybridized carbons (Fsp3) is 0.174. The van der Waals surface area contributed by atoms with E-state index in [0.29, 0.717) is 28.0 Å². The molecule has 0 aliphatic carbocycles. The molecule has 4 aromatic rings. The molecule has 0 fully saturated rings. The van der Waals surface area contributed by atoms with Crippen LogP contribution in [0, 0.1) is 5.92 Å². The maximum Gasteiger partial charge on any atom is 0.261 e. The second-order valence-corrected chi connectivity index (χ2v) is 7.59. The van der Waals surface area contributed by atoms with E-state index in [0.717, 1.165) is 0 Å². The van der Waals surface area contributed by atoms with Crippen molar-refractivity contribution in [3.8, 4) is 5.69 Å². The lowest BCUT2D eigenvalue weighted by Gasteiger charge is -2.22. The van der Waals surface area contributed by atoms with Gasteiger partial charge in [0, 0.05) is 5.56 Å². The van der Waals surface area contributed by atoms with Crippen molar-refractivity contribution >= 4 is 28.5 Å². The molecule has 0 aliphatic rings. The first-order valence-electron chi connectivity index (χ1n) is 10.1. The summed E-state index contributed by atoms with van der Waals surface area (Å²) in [5.41, 5.74) is 1.57. The summed E-state index contributed by atoms with van der Waals surface area (Å²) in [5.74, 6) is -0.839. The summed E-state index contributed by atoms with van der Waals surface area (Å²) in [6.45, 7) is 3.72. The maximum absolute atomic E-state index is 13.1. The van der Waals surface area contributed by atoms with E-state index in [1.165, 1.54) is 17.2 Å². The van der Waals surface area contributed by atoms with Crippen molar-refractivity contribution in [3.05, 3.63) is 83.0 Å². The number of aromatic amines is 1. The fourth-order valence-corrected chi connectivity index (χ4v) is 3.36. The van der Waals surface area contributed by atoms with E-state index in [1.807, 2.05) is 19.9 Å². The highest BCUT2D eigenvalue weighted by Crippen LogP contribution is 2.23. The van der Waals surface area contributed by atoms with Gasteiger partial charge in [0.25, 0.3) is 11.5 Å². The molecule has 0 bridgehead atoms. The van der Waals surface area contributed by atoms with Gasteiger partial charge in [-0.05, 0) is 30.2 Å². The van der Waals surface area contributed by atoms with Gasteiger partial charge in [0.05, 0.1) is 23.9 Å². The third-order valence-corrected chi connectivity index (χ3v) is 5.03. The Balaban J connectivity index is 1.62. The van der Waals surface area contributed by atoms with Gasteiger partial charge < -0.3 is 15.6 Å². The van der Waals surface area contributed by atoms with E-state index in [9.17, 15) is 14.4 Å². The number of rotatable bonds is 6. The zero-order valence-corrected chi connectivity index (χ0v) is 17.6. The van der Waals surface area contributed by atoms with E-state index in [1.54, 1.807) is 48.5 Å². The molecule has 0 spiro atoms. The van der Waals surface area contributed by atoms with Gasteiger partial charge in [-0.25, -0.2) is 9.67 Å². The Bertz CT molecular complexity index is 1330. The quantitative estimate of drug-likeness (QED) is 0.434. The number of anilines is 1. The van der Waals surface area contributed by atoms with Crippen LogP contribution >= 0.6 is 0 Å². The van der Waals surface area contributed by atoms with E-state index < -0.39 is 6.04 Å². The first-order valence-corrected chi connectivity index (χ1v) is 10.1. The number of hydrogen-bond donors (Lipinski definition) is 3.